The number of ether oxygens (including phenoxy) is 1. The fraction of sp³-hybridized carbons (Fsp3) is 0.0909. The van der Waals surface area contributed by atoms with Gasteiger partial charge in [0.15, 0.2) is 0 Å². The number of aromatic amines is 1. The Morgan fingerprint density at radius 2 is 1.74 bits per heavy atom. The van der Waals surface area contributed by atoms with Crippen LogP contribution in [0.2, 0.25) is 0 Å². The van der Waals surface area contributed by atoms with Gasteiger partial charge in [0.1, 0.15) is 22.8 Å². The lowest BCUT2D eigenvalue weighted by atomic mass is 10.0. The average Bonchev–Trinajstić information content (AvgIpc) is 3.68. The highest BCUT2D eigenvalue weighted by Crippen LogP contribution is 2.41. The van der Waals surface area contributed by atoms with Crippen LogP contribution in [0.5, 0.6) is 11.5 Å². The summed E-state index contributed by atoms with van der Waals surface area (Å²) in [7, 11) is 0. The number of hydrogen-bond acceptors (Lipinski definition) is 7. The first kappa shape index (κ1) is 26.7. The zero-order valence-electron chi connectivity index (χ0n) is 22.9. The van der Waals surface area contributed by atoms with E-state index in [4.69, 9.17) is 9.15 Å². The molecule has 3 heterocycles. The molecule has 10 heteroatoms. The molecule has 2 N–H and O–H groups in total. The third-order valence-corrected chi connectivity index (χ3v) is 8.16. The van der Waals surface area contributed by atoms with E-state index < -0.39 is 0 Å². The molecule has 7 aromatic rings. The molecule has 0 bridgehead atoms. The monoisotopic (exact) mass is 633 g/mol. The third-order valence-electron chi connectivity index (χ3n) is 7.37. The van der Waals surface area contributed by atoms with E-state index >= 15 is 0 Å². The first-order chi connectivity index (χ1) is 21.0. The van der Waals surface area contributed by atoms with Crippen molar-refractivity contribution in [3.63, 3.8) is 0 Å². The van der Waals surface area contributed by atoms with E-state index in [0.717, 1.165) is 26.5 Å². The molecular formula is C33H24BrN5O4. The highest BCUT2D eigenvalue weighted by Gasteiger charge is 2.21. The minimum Gasteiger partial charge on any atom is -0.506 e. The fourth-order valence-electron chi connectivity index (χ4n) is 5.41. The largest absolute Gasteiger partial charge is 0.506 e. The van der Waals surface area contributed by atoms with Gasteiger partial charge in [0.05, 0.1) is 28.7 Å². The van der Waals surface area contributed by atoms with E-state index in [0.29, 0.717) is 46.0 Å². The van der Waals surface area contributed by atoms with E-state index in [1.54, 1.807) is 22.8 Å². The van der Waals surface area contributed by atoms with Gasteiger partial charge in [-0.3, -0.25) is 4.79 Å². The maximum absolute atomic E-state index is 14.1. The molecule has 0 saturated heterocycles. The molecule has 0 aliphatic carbocycles. The molecule has 7 rings (SSSR count). The number of fused-ring (bicyclic) bond motifs is 2. The first-order valence-electron chi connectivity index (χ1n) is 13.7. The van der Waals surface area contributed by atoms with Crippen LogP contribution in [0, 0.1) is 0 Å². The number of nitrogens with one attached hydrogen (secondary N) is 1. The van der Waals surface area contributed by atoms with Crippen LogP contribution in [0.4, 0.5) is 0 Å². The highest BCUT2D eigenvalue weighted by atomic mass is 79.9. The lowest BCUT2D eigenvalue weighted by Gasteiger charge is -2.16. The normalized spacial score (nSPS) is 11.4. The van der Waals surface area contributed by atoms with Crippen molar-refractivity contribution in [2.24, 2.45) is 0 Å². The summed E-state index contributed by atoms with van der Waals surface area (Å²) < 4.78 is 14.5. The van der Waals surface area contributed by atoms with E-state index in [-0.39, 0.29) is 23.4 Å². The molecule has 3 aromatic heterocycles. The molecule has 9 nitrogen and oxygen atoms in total. The second-order valence-corrected chi connectivity index (χ2v) is 10.7. The van der Waals surface area contributed by atoms with E-state index in [1.165, 1.54) is 0 Å². The molecule has 43 heavy (non-hydrogen) atoms. The first-order valence-corrected chi connectivity index (χ1v) is 14.4. The minimum absolute atomic E-state index is 0.0524. The molecule has 0 spiro atoms. The van der Waals surface area contributed by atoms with Crippen molar-refractivity contribution in [1.29, 1.82) is 0 Å². The standard InChI is InChI=1S/C33H24BrN5O4/c1-2-42-21-13-14-24-26(17-21)39(33(41)28(30(24)40)20-8-4-3-5-9-20)18-19-12-15-27-25(16-19)29(34)31(43-27)22-10-6-7-11-23(22)32-35-37-38-36-32/h3-17,40H,2,18H2,1H3,(H,35,36,37,38). The average molecular weight is 634 g/mol. The highest BCUT2D eigenvalue weighted by molar-refractivity contribution is 9.10. The van der Waals surface area contributed by atoms with Gasteiger partial charge >= 0.3 is 0 Å². The second-order valence-electron chi connectivity index (χ2n) is 9.95. The molecule has 0 aliphatic rings. The number of aromatic nitrogens is 5. The minimum atomic E-state index is -0.300. The summed E-state index contributed by atoms with van der Waals surface area (Å²) >= 11 is 3.76. The van der Waals surface area contributed by atoms with Crippen LogP contribution < -0.4 is 10.3 Å². The zero-order valence-corrected chi connectivity index (χ0v) is 24.5. The van der Waals surface area contributed by atoms with Gasteiger partial charge in [-0.1, -0.05) is 60.7 Å². The number of furan rings is 1. The van der Waals surface area contributed by atoms with Crippen LogP contribution in [0.25, 0.3) is 55.7 Å². The van der Waals surface area contributed by atoms with Crippen LogP contribution in [-0.4, -0.2) is 36.9 Å². The fourth-order valence-corrected chi connectivity index (χ4v) is 6.02. The van der Waals surface area contributed by atoms with Crippen molar-refractivity contribution >= 4 is 37.8 Å². The third kappa shape index (κ3) is 4.65. The van der Waals surface area contributed by atoms with E-state index in [2.05, 4.69) is 36.6 Å². The van der Waals surface area contributed by atoms with Crippen molar-refractivity contribution in [3.05, 3.63) is 111 Å². The van der Waals surface area contributed by atoms with E-state index in [1.807, 2.05) is 79.7 Å². The van der Waals surface area contributed by atoms with Gasteiger partial charge in [-0.2, -0.15) is 5.21 Å². The summed E-state index contributed by atoms with van der Waals surface area (Å²) in [6.07, 6.45) is 0. The van der Waals surface area contributed by atoms with Crippen molar-refractivity contribution in [3.8, 4) is 45.3 Å². The van der Waals surface area contributed by atoms with Crippen LogP contribution in [0.15, 0.2) is 105 Å². The quantitative estimate of drug-likeness (QED) is 0.191. The number of benzene rings is 4. The summed E-state index contributed by atoms with van der Waals surface area (Å²) in [5.74, 6) is 1.66. The Morgan fingerprint density at radius 3 is 2.51 bits per heavy atom. The Bertz CT molecular complexity index is 2170. The molecule has 0 saturated carbocycles. The number of aromatic hydroxyl groups is 1. The number of H-pyrrole nitrogens is 1. The predicted molar refractivity (Wildman–Crippen MR) is 168 cm³/mol. The van der Waals surface area contributed by atoms with Crippen molar-refractivity contribution < 1.29 is 14.3 Å². The topological polar surface area (TPSA) is 119 Å². The number of rotatable bonds is 7. The second kappa shape index (κ2) is 10.9. The molecule has 0 radical (unpaired) electrons. The van der Waals surface area contributed by atoms with Crippen LogP contribution in [0.1, 0.15) is 12.5 Å². The Kier molecular flexibility index (Phi) is 6.75. The van der Waals surface area contributed by atoms with Gasteiger partial charge in [-0.05, 0) is 63.5 Å². The number of pyridine rings is 1. The molecule has 0 fully saturated rings. The summed E-state index contributed by atoms with van der Waals surface area (Å²) in [6.45, 7) is 2.64. The Balaban J connectivity index is 1.37. The van der Waals surface area contributed by atoms with Crippen LogP contribution >= 0.6 is 15.9 Å². The maximum Gasteiger partial charge on any atom is 0.263 e. The van der Waals surface area contributed by atoms with E-state index in [9.17, 15) is 9.90 Å². The molecule has 0 unspecified atom stereocenters. The number of tetrazole rings is 1. The summed E-state index contributed by atoms with van der Waals surface area (Å²) in [4.78, 5) is 14.1. The van der Waals surface area contributed by atoms with Gasteiger partial charge in [0.25, 0.3) is 5.56 Å². The number of halogens is 1. The molecular weight excluding hydrogens is 610 g/mol. The molecule has 0 aliphatic heterocycles. The van der Waals surface area contributed by atoms with Gasteiger partial charge in [0.2, 0.25) is 5.82 Å². The lowest BCUT2D eigenvalue weighted by molar-refractivity contribution is 0.340. The number of hydrogen-bond donors (Lipinski definition) is 2. The summed E-state index contributed by atoms with van der Waals surface area (Å²) in [6, 6.07) is 28.1. The molecule has 0 atom stereocenters. The SMILES string of the molecule is CCOc1ccc2c(O)c(-c3ccccc3)c(=O)n(Cc3ccc4oc(-c5ccccc5-c5nn[nH]n5)c(Br)c4c3)c2c1. The zero-order chi connectivity index (χ0) is 29.5. The number of nitrogens with zero attached hydrogens (tertiary/aromatic N) is 4. The Labute approximate surface area is 253 Å². The molecule has 0 amide bonds. The van der Waals surface area contributed by atoms with Gasteiger partial charge in [0, 0.05) is 28.0 Å². The van der Waals surface area contributed by atoms with Gasteiger partial charge in [-0.15, -0.1) is 10.2 Å². The van der Waals surface area contributed by atoms with Gasteiger partial charge < -0.3 is 18.8 Å². The van der Waals surface area contributed by atoms with Crippen LogP contribution in [-0.2, 0) is 6.54 Å². The summed E-state index contributed by atoms with van der Waals surface area (Å²) in [5, 5.41) is 27.2. The smallest absolute Gasteiger partial charge is 0.263 e. The molecule has 4 aromatic carbocycles. The van der Waals surface area contributed by atoms with Crippen LogP contribution in [0.3, 0.4) is 0 Å². The van der Waals surface area contributed by atoms with Crippen molar-refractivity contribution in [2.75, 3.05) is 6.61 Å². The lowest BCUT2D eigenvalue weighted by Crippen LogP contribution is -2.23. The maximum atomic E-state index is 14.1. The Hall–Kier alpha value is -5.22. The van der Waals surface area contributed by atoms with Crippen molar-refractivity contribution in [2.45, 2.75) is 13.5 Å². The molecule has 212 valence electrons. The Morgan fingerprint density at radius 1 is 0.953 bits per heavy atom. The predicted octanol–water partition coefficient (Wildman–Crippen LogP) is 7.18. The van der Waals surface area contributed by atoms with Gasteiger partial charge in [-0.25, -0.2) is 0 Å². The summed E-state index contributed by atoms with van der Waals surface area (Å²) in [5.41, 5.74) is 4.32. The van der Waals surface area contributed by atoms with Crippen molar-refractivity contribution in [1.82, 2.24) is 25.2 Å².